The van der Waals surface area contributed by atoms with E-state index in [0.717, 1.165) is 17.7 Å². The minimum Gasteiger partial charge on any atom is -0.374 e. The molecule has 2 heterocycles. The highest BCUT2D eigenvalue weighted by Gasteiger charge is 2.49. The van der Waals surface area contributed by atoms with Crippen LogP contribution in [0.15, 0.2) is 21.9 Å². The first-order chi connectivity index (χ1) is 12.5. The van der Waals surface area contributed by atoms with E-state index in [2.05, 4.69) is 9.51 Å². The average Bonchev–Trinajstić information content (AvgIpc) is 2.89. The third-order valence-electron chi connectivity index (χ3n) is 3.59. The van der Waals surface area contributed by atoms with E-state index in [1.165, 1.54) is 13.3 Å². The van der Waals surface area contributed by atoms with Gasteiger partial charge in [0, 0.05) is 26.5 Å². The largest absolute Gasteiger partial charge is 0.374 e. The van der Waals surface area contributed by atoms with Crippen molar-refractivity contribution in [2.45, 2.75) is 24.5 Å². The zero-order valence-electron chi connectivity index (χ0n) is 14.2. The Morgan fingerprint density at radius 3 is 2.56 bits per heavy atom. The van der Waals surface area contributed by atoms with Crippen LogP contribution in [0.25, 0.3) is 0 Å². The van der Waals surface area contributed by atoms with Crippen molar-refractivity contribution in [3.63, 3.8) is 0 Å². The fourth-order valence-corrected chi connectivity index (χ4v) is 3.76. The number of methoxy groups -OCH3 is 1. The molecule has 3 unspecified atom stereocenters. The summed E-state index contributed by atoms with van der Waals surface area (Å²) in [5.74, 6) is 0. The molecule has 1 aliphatic heterocycles. The normalized spacial score (nSPS) is 29.9. The van der Waals surface area contributed by atoms with Crippen LogP contribution < -0.4 is 11.2 Å². The van der Waals surface area contributed by atoms with E-state index in [4.69, 9.17) is 42.8 Å². The number of rotatable bonds is 8. The molecule has 3 N–H and O–H groups in total. The lowest BCUT2D eigenvalue weighted by Crippen LogP contribution is -2.39. The van der Waals surface area contributed by atoms with Gasteiger partial charge in [-0.15, -0.1) is 0 Å². The van der Waals surface area contributed by atoms with E-state index in [0.29, 0.717) is 0 Å². The van der Waals surface area contributed by atoms with Crippen molar-refractivity contribution in [1.29, 1.82) is 0 Å². The van der Waals surface area contributed by atoms with E-state index < -0.39 is 56.6 Å². The van der Waals surface area contributed by atoms with Crippen LogP contribution >= 0.6 is 14.2 Å². The predicted molar refractivity (Wildman–Crippen MR) is 95.9 cm³/mol. The van der Waals surface area contributed by atoms with Crippen LogP contribution in [0.3, 0.4) is 0 Å². The molecule has 150 valence electrons. The average molecular weight is 442 g/mol. The van der Waals surface area contributed by atoms with Crippen molar-refractivity contribution in [3.05, 3.63) is 33.1 Å². The van der Waals surface area contributed by atoms with Crippen molar-refractivity contribution in [2.75, 3.05) is 20.8 Å². The Hall–Kier alpha value is -0.655. The van der Waals surface area contributed by atoms with Crippen LogP contribution in [0.4, 0.5) is 0 Å². The lowest BCUT2D eigenvalue weighted by molar-refractivity contribution is -0.0606. The van der Waals surface area contributed by atoms with E-state index in [1.54, 1.807) is 0 Å². The molecule has 1 aromatic rings. The standard InChI is InChI=1S/C11H17BN2O10P2S/c1-20-9-8(24-26(19,27)21-2)6(5-22-25(12,17)18)23-10(9)14-4-3-7(15)13-11(14)16/h3-4,6,8-10H,5H2,1-2H3,(H,17,18)(H,19,27)(H,13,15,16)/t6-,8?,9+,10-,26?/m1/s1. The number of nitrogens with zero attached hydrogens (tertiary/aromatic N) is 1. The topological polar surface area (TPSA) is 159 Å². The zero-order valence-corrected chi connectivity index (χ0v) is 16.8. The highest BCUT2D eigenvalue weighted by molar-refractivity contribution is 8.07. The maximum absolute atomic E-state index is 12.1. The molecule has 0 amide bonds. The van der Waals surface area contributed by atoms with E-state index >= 15 is 0 Å². The maximum atomic E-state index is 12.1. The molecule has 0 aromatic carbocycles. The Kier molecular flexibility index (Phi) is 7.37. The molecule has 6 atom stereocenters. The van der Waals surface area contributed by atoms with Gasteiger partial charge in [0.15, 0.2) is 6.23 Å². The molecule has 1 saturated heterocycles. The smallest absolute Gasteiger partial charge is 0.330 e. The van der Waals surface area contributed by atoms with Gasteiger partial charge >= 0.3 is 12.4 Å². The summed E-state index contributed by atoms with van der Waals surface area (Å²) in [6.45, 7) is -4.24. The van der Waals surface area contributed by atoms with Crippen molar-refractivity contribution < 1.29 is 37.4 Å². The summed E-state index contributed by atoms with van der Waals surface area (Å²) in [5.41, 5.74) is -1.41. The maximum Gasteiger partial charge on any atom is 0.330 e. The summed E-state index contributed by atoms with van der Waals surface area (Å²) in [7, 11) is 3.02. The third kappa shape index (κ3) is 5.91. The minimum atomic E-state index is -4.34. The van der Waals surface area contributed by atoms with Crippen molar-refractivity contribution in [2.24, 2.45) is 0 Å². The monoisotopic (exact) mass is 442 g/mol. The number of aromatic amines is 1. The van der Waals surface area contributed by atoms with Gasteiger partial charge in [0.05, 0.1) is 6.61 Å². The van der Waals surface area contributed by atoms with Crippen molar-refractivity contribution >= 4 is 33.6 Å². The van der Waals surface area contributed by atoms with Crippen LogP contribution in [-0.2, 0) is 39.4 Å². The number of ether oxygens (including phenoxy) is 2. The number of hydrogen-bond donors (Lipinski definition) is 3. The first-order valence-electron chi connectivity index (χ1n) is 7.30. The van der Waals surface area contributed by atoms with Gasteiger partial charge < -0.3 is 28.3 Å². The van der Waals surface area contributed by atoms with Crippen LogP contribution in [-0.4, -0.2) is 66.0 Å². The summed E-state index contributed by atoms with van der Waals surface area (Å²) in [5, 5.41) is 0. The van der Waals surface area contributed by atoms with Gasteiger partial charge in [0.1, 0.15) is 18.3 Å². The number of hydrogen-bond acceptors (Lipinski definition) is 9. The Bertz CT molecular complexity index is 871. The van der Waals surface area contributed by atoms with Gasteiger partial charge in [0.2, 0.25) is 7.57 Å². The predicted octanol–water partition coefficient (Wildman–Crippen LogP) is -1.02. The Labute approximate surface area is 159 Å². The third-order valence-corrected chi connectivity index (χ3v) is 5.79. The second-order valence-corrected chi connectivity index (χ2v) is 9.65. The molecule has 1 aromatic heterocycles. The summed E-state index contributed by atoms with van der Waals surface area (Å²) in [6.07, 6.45) is -3.26. The molecule has 2 radical (unpaired) electrons. The SMILES string of the molecule is [B]P(=O)(O)OC[C@H]1O[C@@H](n2ccc(=O)[nH]c2=O)[C@@H](OC)C1OP(O)(=S)OC. The van der Waals surface area contributed by atoms with Gasteiger partial charge in [0.25, 0.3) is 13.0 Å². The molecular formula is C11H17BN2O10P2S. The van der Waals surface area contributed by atoms with Gasteiger partial charge in [-0.2, -0.15) is 0 Å². The van der Waals surface area contributed by atoms with Crippen LogP contribution in [0.5, 0.6) is 0 Å². The molecule has 0 saturated carbocycles. The first-order valence-corrected chi connectivity index (χ1v) is 11.5. The van der Waals surface area contributed by atoms with Crippen molar-refractivity contribution in [1.82, 2.24) is 9.55 Å². The van der Waals surface area contributed by atoms with Gasteiger partial charge in [-0.1, -0.05) is 0 Å². The Morgan fingerprint density at radius 2 is 2.04 bits per heavy atom. The second kappa shape index (κ2) is 8.79. The molecule has 1 fully saturated rings. The van der Waals surface area contributed by atoms with Gasteiger partial charge in [-0.25, -0.2) is 4.79 Å². The second-order valence-electron chi connectivity index (χ2n) is 5.36. The van der Waals surface area contributed by atoms with Crippen LogP contribution in [0.1, 0.15) is 6.23 Å². The molecular weight excluding hydrogens is 425 g/mol. The summed E-state index contributed by atoms with van der Waals surface area (Å²) in [4.78, 5) is 44.5. The highest BCUT2D eigenvalue weighted by atomic mass is 32.5. The molecule has 12 nitrogen and oxygen atoms in total. The summed E-state index contributed by atoms with van der Waals surface area (Å²) < 4.78 is 38.0. The van der Waals surface area contributed by atoms with E-state index in [-0.39, 0.29) is 0 Å². The number of nitrogens with one attached hydrogen (secondary N) is 1. The molecule has 16 heteroatoms. The molecule has 27 heavy (non-hydrogen) atoms. The molecule has 0 bridgehead atoms. The van der Waals surface area contributed by atoms with Crippen molar-refractivity contribution in [3.8, 4) is 0 Å². The summed E-state index contributed by atoms with van der Waals surface area (Å²) >= 11 is 4.82. The molecule has 0 aliphatic carbocycles. The lowest BCUT2D eigenvalue weighted by Gasteiger charge is -2.26. The minimum absolute atomic E-state index is 0.539. The van der Waals surface area contributed by atoms with Gasteiger partial charge in [-0.05, 0) is 11.8 Å². The fraction of sp³-hybridized carbons (Fsp3) is 0.636. The number of H-pyrrole nitrogens is 1. The molecule has 2 rings (SSSR count). The number of aromatic nitrogens is 2. The Balaban J connectivity index is 2.39. The van der Waals surface area contributed by atoms with Crippen LogP contribution in [0, 0.1) is 0 Å². The zero-order chi connectivity index (χ0) is 20.4. The van der Waals surface area contributed by atoms with Gasteiger partial charge in [-0.3, -0.25) is 23.4 Å². The van der Waals surface area contributed by atoms with E-state index in [9.17, 15) is 19.0 Å². The lowest BCUT2D eigenvalue weighted by atomic mass is 10.1. The molecule has 0 spiro atoms. The quantitative estimate of drug-likeness (QED) is 0.334. The van der Waals surface area contributed by atoms with Crippen LogP contribution in [0.2, 0.25) is 0 Å². The van der Waals surface area contributed by atoms with E-state index in [1.807, 2.05) is 0 Å². The first kappa shape index (κ1) is 22.6. The fourth-order valence-electron chi connectivity index (χ4n) is 2.45. The highest BCUT2D eigenvalue weighted by Crippen LogP contribution is 2.49. The molecule has 1 aliphatic rings. The summed E-state index contributed by atoms with van der Waals surface area (Å²) in [6, 6.07) is 1.09. The Morgan fingerprint density at radius 1 is 1.37 bits per heavy atom.